The number of aromatic nitrogens is 2. The zero-order valence-electron chi connectivity index (χ0n) is 11.9. The molecule has 0 radical (unpaired) electrons. The first kappa shape index (κ1) is 14.6. The number of rotatable bonds is 5. The Morgan fingerprint density at radius 2 is 1.90 bits per heavy atom. The maximum atomic E-state index is 11.4. The summed E-state index contributed by atoms with van der Waals surface area (Å²) in [6.07, 6.45) is 3.20. The lowest BCUT2D eigenvalue weighted by atomic mass is 10.2. The van der Waals surface area contributed by atoms with Crippen LogP contribution in [-0.4, -0.2) is 24.2 Å². The summed E-state index contributed by atoms with van der Waals surface area (Å²) in [5, 5.41) is 3.26. The molecular weight excluding hydrogens is 274 g/mol. The van der Waals surface area contributed by atoms with Gasteiger partial charge in [-0.1, -0.05) is 12.1 Å². The average molecular weight is 293 g/mol. The Labute approximate surface area is 119 Å². The Morgan fingerprint density at radius 3 is 2.45 bits per heavy atom. The number of anilines is 1. The molecule has 0 saturated heterocycles. The minimum absolute atomic E-state index is 0.340. The van der Waals surface area contributed by atoms with E-state index >= 15 is 0 Å². The van der Waals surface area contributed by atoms with Crippen molar-refractivity contribution in [1.82, 2.24) is 9.55 Å². The van der Waals surface area contributed by atoms with E-state index in [0.717, 1.165) is 23.8 Å². The van der Waals surface area contributed by atoms with Crippen LogP contribution in [0, 0.1) is 6.92 Å². The van der Waals surface area contributed by atoms with Crippen molar-refractivity contribution in [2.45, 2.75) is 31.8 Å². The van der Waals surface area contributed by atoms with Crippen LogP contribution in [0.1, 0.15) is 18.2 Å². The van der Waals surface area contributed by atoms with Gasteiger partial charge in [0.1, 0.15) is 0 Å². The van der Waals surface area contributed by atoms with Gasteiger partial charge < -0.3 is 9.88 Å². The highest BCUT2D eigenvalue weighted by Crippen LogP contribution is 2.13. The van der Waals surface area contributed by atoms with Gasteiger partial charge in [0, 0.05) is 25.5 Å². The fourth-order valence-corrected chi connectivity index (χ4v) is 2.60. The summed E-state index contributed by atoms with van der Waals surface area (Å²) in [5.74, 6) is 0.831. The lowest BCUT2D eigenvalue weighted by molar-refractivity contribution is 0.602. The summed E-state index contributed by atoms with van der Waals surface area (Å²) in [4.78, 5) is 4.75. The topological polar surface area (TPSA) is 64.0 Å². The first-order valence-corrected chi connectivity index (χ1v) is 8.36. The molecule has 0 spiro atoms. The van der Waals surface area contributed by atoms with Crippen LogP contribution in [0.2, 0.25) is 0 Å². The number of sulfone groups is 1. The van der Waals surface area contributed by atoms with Gasteiger partial charge in [-0.05, 0) is 31.5 Å². The summed E-state index contributed by atoms with van der Waals surface area (Å²) in [6.45, 7) is 5.49. The fraction of sp³-hybridized carbons (Fsp3) is 0.357. The van der Waals surface area contributed by atoms with Gasteiger partial charge in [0.25, 0.3) is 0 Å². The van der Waals surface area contributed by atoms with Crippen LogP contribution in [-0.2, 0) is 22.9 Å². The number of imidazole rings is 1. The molecule has 1 aromatic heterocycles. The second-order valence-electron chi connectivity index (χ2n) is 4.76. The Kier molecular flexibility index (Phi) is 4.13. The second kappa shape index (κ2) is 5.66. The van der Waals surface area contributed by atoms with Gasteiger partial charge in [-0.2, -0.15) is 0 Å². The molecule has 0 fully saturated rings. The Bertz CT molecular complexity index is 688. The van der Waals surface area contributed by atoms with Crippen molar-refractivity contribution in [2.75, 3.05) is 11.6 Å². The highest BCUT2D eigenvalue weighted by molar-refractivity contribution is 7.90. The molecular formula is C14H19N3O2S. The molecule has 108 valence electrons. The highest BCUT2D eigenvalue weighted by Gasteiger charge is 2.07. The van der Waals surface area contributed by atoms with Crippen molar-refractivity contribution in [3.8, 4) is 0 Å². The molecule has 2 aromatic rings. The van der Waals surface area contributed by atoms with Gasteiger partial charge in [-0.3, -0.25) is 0 Å². The summed E-state index contributed by atoms with van der Waals surface area (Å²) < 4.78 is 24.8. The summed E-state index contributed by atoms with van der Waals surface area (Å²) in [6, 6.07) is 6.89. The van der Waals surface area contributed by atoms with E-state index in [-0.39, 0.29) is 0 Å². The normalized spacial score (nSPS) is 11.6. The maximum absolute atomic E-state index is 11.4. The predicted octanol–water partition coefficient (Wildman–Crippen LogP) is 2.23. The molecule has 0 amide bonds. The molecule has 0 unspecified atom stereocenters. The predicted molar refractivity (Wildman–Crippen MR) is 79.5 cm³/mol. The quantitative estimate of drug-likeness (QED) is 0.918. The third-order valence-corrected chi connectivity index (χ3v) is 4.17. The summed E-state index contributed by atoms with van der Waals surface area (Å²) >= 11 is 0. The van der Waals surface area contributed by atoms with Gasteiger partial charge >= 0.3 is 0 Å². The van der Waals surface area contributed by atoms with Gasteiger partial charge in [0.05, 0.1) is 10.6 Å². The monoisotopic (exact) mass is 293 g/mol. The smallest absolute Gasteiger partial charge is 0.203 e. The van der Waals surface area contributed by atoms with E-state index in [1.807, 2.05) is 29.8 Å². The van der Waals surface area contributed by atoms with Crippen LogP contribution in [0.3, 0.4) is 0 Å². The second-order valence-corrected chi connectivity index (χ2v) is 6.78. The molecule has 0 aliphatic heterocycles. The molecule has 1 aromatic carbocycles. The largest absolute Gasteiger partial charge is 0.352 e. The standard InChI is InChI=1S/C14H19N3O2S/c1-4-17-10-11(2)16-14(17)15-9-12-5-7-13(8-6-12)20(3,18)19/h5-8,10H,4,9H2,1-3H3,(H,15,16). The Morgan fingerprint density at radius 1 is 1.25 bits per heavy atom. The van der Waals surface area contributed by atoms with E-state index in [4.69, 9.17) is 0 Å². The van der Waals surface area contributed by atoms with Crippen LogP contribution >= 0.6 is 0 Å². The molecule has 20 heavy (non-hydrogen) atoms. The van der Waals surface area contributed by atoms with Crippen molar-refractivity contribution in [2.24, 2.45) is 0 Å². The number of aryl methyl sites for hydroxylation is 2. The van der Waals surface area contributed by atoms with Crippen LogP contribution in [0.4, 0.5) is 5.95 Å². The molecule has 1 heterocycles. The molecule has 2 rings (SSSR count). The third-order valence-electron chi connectivity index (χ3n) is 3.04. The van der Waals surface area contributed by atoms with E-state index in [0.29, 0.717) is 11.4 Å². The first-order chi connectivity index (χ1) is 9.40. The van der Waals surface area contributed by atoms with E-state index < -0.39 is 9.84 Å². The average Bonchev–Trinajstić information content (AvgIpc) is 2.76. The zero-order chi connectivity index (χ0) is 14.8. The van der Waals surface area contributed by atoms with E-state index in [2.05, 4.69) is 17.2 Å². The molecule has 5 nitrogen and oxygen atoms in total. The molecule has 0 saturated carbocycles. The van der Waals surface area contributed by atoms with Crippen LogP contribution in [0.5, 0.6) is 0 Å². The first-order valence-electron chi connectivity index (χ1n) is 6.47. The molecule has 6 heteroatoms. The highest BCUT2D eigenvalue weighted by atomic mass is 32.2. The van der Waals surface area contributed by atoms with E-state index in [1.165, 1.54) is 6.26 Å². The Balaban J connectivity index is 2.07. The maximum Gasteiger partial charge on any atom is 0.203 e. The Hall–Kier alpha value is -1.82. The van der Waals surface area contributed by atoms with E-state index in [9.17, 15) is 8.42 Å². The summed E-state index contributed by atoms with van der Waals surface area (Å²) in [7, 11) is -3.13. The van der Waals surface area contributed by atoms with Gasteiger partial charge in [-0.15, -0.1) is 0 Å². The fourth-order valence-electron chi connectivity index (χ4n) is 1.96. The zero-order valence-corrected chi connectivity index (χ0v) is 12.7. The van der Waals surface area contributed by atoms with Crippen molar-refractivity contribution in [3.05, 3.63) is 41.7 Å². The van der Waals surface area contributed by atoms with Crippen LogP contribution in [0.25, 0.3) is 0 Å². The SMILES string of the molecule is CCn1cc(C)nc1NCc1ccc(S(C)(=O)=O)cc1. The number of nitrogens with zero attached hydrogens (tertiary/aromatic N) is 2. The minimum Gasteiger partial charge on any atom is -0.352 e. The summed E-state index contributed by atoms with van der Waals surface area (Å²) in [5.41, 5.74) is 1.99. The van der Waals surface area contributed by atoms with Crippen LogP contribution in [0.15, 0.2) is 35.4 Å². The van der Waals surface area contributed by atoms with E-state index in [1.54, 1.807) is 12.1 Å². The molecule has 0 aliphatic rings. The lowest BCUT2D eigenvalue weighted by Gasteiger charge is -2.08. The number of nitrogens with one attached hydrogen (secondary N) is 1. The van der Waals surface area contributed by atoms with Crippen molar-refractivity contribution < 1.29 is 8.42 Å². The van der Waals surface area contributed by atoms with Crippen molar-refractivity contribution in [1.29, 1.82) is 0 Å². The molecule has 0 atom stereocenters. The molecule has 0 bridgehead atoms. The van der Waals surface area contributed by atoms with Crippen molar-refractivity contribution >= 4 is 15.8 Å². The molecule has 0 aliphatic carbocycles. The van der Waals surface area contributed by atoms with Crippen molar-refractivity contribution in [3.63, 3.8) is 0 Å². The number of hydrogen-bond acceptors (Lipinski definition) is 4. The molecule has 1 N–H and O–H groups in total. The van der Waals surface area contributed by atoms with Crippen LogP contribution < -0.4 is 5.32 Å². The van der Waals surface area contributed by atoms with Gasteiger partial charge in [0.15, 0.2) is 9.84 Å². The lowest BCUT2D eigenvalue weighted by Crippen LogP contribution is -2.06. The minimum atomic E-state index is -3.13. The third kappa shape index (κ3) is 3.39. The van der Waals surface area contributed by atoms with Gasteiger partial charge in [0.2, 0.25) is 5.95 Å². The van der Waals surface area contributed by atoms with Gasteiger partial charge in [-0.25, -0.2) is 13.4 Å². The number of benzene rings is 1. The number of hydrogen-bond donors (Lipinski definition) is 1.